The summed E-state index contributed by atoms with van der Waals surface area (Å²) in [6.07, 6.45) is 1.39. The largest absolute Gasteiger partial charge is 0.375 e. The molecule has 1 aliphatic carbocycles. The van der Waals surface area contributed by atoms with Gasteiger partial charge in [-0.2, -0.15) is 0 Å². The van der Waals surface area contributed by atoms with Gasteiger partial charge < -0.3 is 10.6 Å². The molecule has 0 amide bonds. The minimum Gasteiger partial charge on any atom is -0.375 e. The van der Waals surface area contributed by atoms with Crippen LogP contribution in [-0.2, 0) is 6.54 Å². The third kappa shape index (κ3) is 2.45. The number of hydrogen-bond donors (Lipinski definition) is 1. The van der Waals surface area contributed by atoms with Crippen molar-refractivity contribution in [2.45, 2.75) is 19.9 Å². The van der Waals surface area contributed by atoms with Gasteiger partial charge in [0, 0.05) is 18.5 Å². The van der Waals surface area contributed by atoms with Crippen molar-refractivity contribution in [2.75, 3.05) is 19.3 Å². The molecule has 1 saturated carbocycles. The van der Waals surface area contributed by atoms with Crippen molar-refractivity contribution >= 4 is 16.5 Å². The van der Waals surface area contributed by atoms with Crippen LogP contribution in [0.4, 0.5) is 5.13 Å². The van der Waals surface area contributed by atoms with E-state index in [9.17, 15) is 0 Å². The molecule has 2 unspecified atom stereocenters. The first kappa shape index (κ1) is 9.93. The molecule has 0 spiro atoms. The second-order valence-corrected chi connectivity index (χ2v) is 5.24. The summed E-state index contributed by atoms with van der Waals surface area (Å²) >= 11 is 1.52. The number of nitrogens with two attached hydrogens (primary N) is 1. The van der Waals surface area contributed by atoms with Crippen LogP contribution in [0.25, 0.3) is 0 Å². The van der Waals surface area contributed by atoms with Gasteiger partial charge in [-0.3, -0.25) is 0 Å². The van der Waals surface area contributed by atoms with Gasteiger partial charge in [-0.1, -0.05) is 6.92 Å². The lowest BCUT2D eigenvalue weighted by Gasteiger charge is -2.14. The van der Waals surface area contributed by atoms with Crippen LogP contribution in [0.1, 0.15) is 19.0 Å². The van der Waals surface area contributed by atoms with Gasteiger partial charge in [-0.15, -0.1) is 11.3 Å². The molecular formula is C10H17N3S. The van der Waals surface area contributed by atoms with Crippen LogP contribution in [0.2, 0.25) is 0 Å². The topological polar surface area (TPSA) is 42.1 Å². The van der Waals surface area contributed by atoms with E-state index in [-0.39, 0.29) is 0 Å². The molecule has 1 aliphatic rings. The highest BCUT2D eigenvalue weighted by Crippen LogP contribution is 2.38. The van der Waals surface area contributed by atoms with E-state index < -0.39 is 0 Å². The van der Waals surface area contributed by atoms with Crippen molar-refractivity contribution < 1.29 is 0 Å². The van der Waals surface area contributed by atoms with Crippen LogP contribution < -0.4 is 5.73 Å². The van der Waals surface area contributed by atoms with Crippen LogP contribution in [0.3, 0.4) is 0 Å². The quantitative estimate of drug-likeness (QED) is 0.826. The Balaban J connectivity index is 1.79. The van der Waals surface area contributed by atoms with E-state index in [0.717, 1.165) is 24.1 Å². The summed E-state index contributed by atoms with van der Waals surface area (Å²) in [5.74, 6) is 1.84. The van der Waals surface area contributed by atoms with E-state index in [2.05, 4.69) is 23.9 Å². The molecule has 1 fully saturated rings. The lowest BCUT2D eigenvalue weighted by Crippen LogP contribution is -2.21. The molecule has 78 valence electrons. The Labute approximate surface area is 88.9 Å². The van der Waals surface area contributed by atoms with Crippen LogP contribution in [0.15, 0.2) is 5.38 Å². The zero-order valence-corrected chi connectivity index (χ0v) is 9.55. The third-order valence-electron chi connectivity index (χ3n) is 2.82. The number of thiazole rings is 1. The Morgan fingerprint density at radius 1 is 1.71 bits per heavy atom. The molecule has 1 aromatic heterocycles. The summed E-state index contributed by atoms with van der Waals surface area (Å²) in [6, 6.07) is 0. The molecule has 2 atom stereocenters. The van der Waals surface area contributed by atoms with Gasteiger partial charge in [-0.05, 0) is 25.3 Å². The third-order valence-corrected chi connectivity index (χ3v) is 3.55. The van der Waals surface area contributed by atoms with Crippen molar-refractivity contribution in [1.29, 1.82) is 0 Å². The normalized spacial score (nSPS) is 25.6. The summed E-state index contributed by atoms with van der Waals surface area (Å²) in [5, 5.41) is 2.72. The summed E-state index contributed by atoms with van der Waals surface area (Å²) < 4.78 is 0. The Morgan fingerprint density at radius 2 is 2.43 bits per heavy atom. The lowest BCUT2D eigenvalue weighted by molar-refractivity contribution is 0.305. The van der Waals surface area contributed by atoms with Crippen molar-refractivity contribution in [1.82, 2.24) is 9.88 Å². The molecule has 0 saturated heterocycles. The molecule has 0 bridgehead atoms. The summed E-state index contributed by atoms with van der Waals surface area (Å²) in [4.78, 5) is 6.59. The molecule has 3 nitrogen and oxygen atoms in total. The molecule has 0 aromatic carbocycles. The van der Waals surface area contributed by atoms with Gasteiger partial charge in [0.25, 0.3) is 0 Å². The van der Waals surface area contributed by atoms with Gasteiger partial charge in [0.2, 0.25) is 0 Å². The van der Waals surface area contributed by atoms with Crippen molar-refractivity contribution in [3.63, 3.8) is 0 Å². The minimum absolute atomic E-state index is 0.674. The zero-order valence-electron chi connectivity index (χ0n) is 8.73. The maximum atomic E-state index is 5.58. The average Bonchev–Trinajstić information content (AvgIpc) is 2.59. The van der Waals surface area contributed by atoms with E-state index in [4.69, 9.17) is 5.73 Å². The molecule has 2 N–H and O–H groups in total. The van der Waals surface area contributed by atoms with E-state index in [0.29, 0.717) is 5.13 Å². The Kier molecular flexibility index (Phi) is 2.74. The van der Waals surface area contributed by atoms with Crippen LogP contribution >= 0.6 is 11.3 Å². The lowest BCUT2D eigenvalue weighted by atomic mass is 10.3. The van der Waals surface area contributed by atoms with E-state index in [1.54, 1.807) is 0 Å². The molecule has 14 heavy (non-hydrogen) atoms. The fourth-order valence-corrected chi connectivity index (χ4v) is 2.34. The molecule has 1 heterocycles. The number of rotatable bonds is 4. The number of anilines is 1. The number of nitrogen functional groups attached to an aromatic ring is 1. The monoisotopic (exact) mass is 211 g/mol. The molecule has 4 heteroatoms. The Hall–Kier alpha value is -0.610. The Bertz CT molecular complexity index is 310. The number of aromatic nitrogens is 1. The predicted octanol–water partition coefficient (Wildman–Crippen LogP) is 1.81. The Morgan fingerprint density at radius 3 is 2.93 bits per heavy atom. The van der Waals surface area contributed by atoms with Gasteiger partial charge in [0.15, 0.2) is 5.13 Å². The van der Waals surface area contributed by atoms with Gasteiger partial charge >= 0.3 is 0 Å². The first-order chi connectivity index (χ1) is 6.65. The molecular weight excluding hydrogens is 194 g/mol. The van der Waals surface area contributed by atoms with Gasteiger partial charge in [0.05, 0.1) is 5.69 Å². The molecule has 1 aromatic rings. The van der Waals surface area contributed by atoms with Crippen LogP contribution in [0, 0.1) is 11.8 Å². The van der Waals surface area contributed by atoms with Crippen LogP contribution in [0.5, 0.6) is 0 Å². The number of hydrogen-bond acceptors (Lipinski definition) is 4. The fourth-order valence-electron chi connectivity index (χ4n) is 1.79. The second kappa shape index (κ2) is 3.87. The van der Waals surface area contributed by atoms with Crippen molar-refractivity contribution in [3.8, 4) is 0 Å². The van der Waals surface area contributed by atoms with Crippen molar-refractivity contribution in [3.05, 3.63) is 11.1 Å². The number of nitrogens with zero attached hydrogens (tertiary/aromatic N) is 2. The maximum absolute atomic E-state index is 5.58. The summed E-state index contributed by atoms with van der Waals surface area (Å²) in [7, 11) is 2.15. The standard InChI is InChI=1S/C10H17N3S/c1-7-3-8(7)4-13(2)5-9-6-14-10(11)12-9/h6-8H,3-5H2,1-2H3,(H2,11,12). The van der Waals surface area contributed by atoms with E-state index >= 15 is 0 Å². The van der Waals surface area contributed by atoms with Crippen LogP contribution in [-0.4, -0.2) is 23.5 Å². The van der Waals surface area contributed by atoms with Crippen molar-refractivity contribution in [2.24, 2.45) is 11.8 Å². The zero-order chi connectivity index (χ0) is 10.1. The highest BCUT2D eigenvalue weighted by molar-refractivity contribution is 7.13. The fraction of sp³-hybridized carbons (Fsp3) is 0.700. The second-order valence-electron chi connectivity index (χ2n) is 4.35. The SMILES string of the molecule is CC1CC1CN(C)Cc1csc(N)n1. The van der Waals surface area contributed by atoms with Gasteiger partial charge in [0.1, 0.15) is 0 Å². The summed E-state index contributed by atoms with van der Waals surface area (Å²) in [5.41, 5.74) is 6.68. The average molecular weight is 211 g/mol. The smallest absolute Gasteiger partial charge is 0.180 e. The highest BCUT2D eigenvalue weighted by atomic mass is 32.1. The summed E-state index contributed by atoms with van der Waals surface area (Å²) in [6.45, 7) is 4.44. The van der Waals surface area contributed by atoms with E-state index in [1.807, 2.05) is 5.38 Å². The molecule has 0 aliphatic heterocycles. The molecule has 0 radical (unpaired) electrons. The first-order valence-corrected chi connectivity index (χ1v) is 5.91. The minimum atomic E-state index is 0.674. The maximum Gasteiger partial charge on any atom is 0.180 e. The van der Waals surface area contributed by atoms with Gasteiger partial charge in [-0.25, -0.2) is 4.98 Å². The van der Waals surface area contributed by atoms with E-state index in [1.165, 1.54) is 24.3 Å². The highest BCUT2D eigenvalue weighted by Gasteiger charge is 2.33. The predicted molar refractivity (Wildman–Crippen MR) is 60.1 cm³/mol. The first-order valence-electron chi connectivity index (χ1n) is 5.03. The molecule has 2 rings (SSSR count).